The van der Waals surface area contributed by atoms with E-state index in [2.05, 4.69) is 9.88 Å². The van der Waals surface area contributed by atoms with Crippen LogP contribution in [0.5, 0.6) is 0 Å². The third kappa shape index (κ3) is 4.05. The predicted octanol–water partition coefficient (Wildman–Crippen LogP) is 3.36. The van der Waals surface area contributed by atoms with Crippen molar-refractivity contribution in [1.82, 2.24) is 4.98 Å². The van der Waals surface area contributed by atoms with Gasteiger partial charge in [-0.3, -0.25) is 4.79 Å². The number of Topliss-reactive ketones (excluding diaryl/α,β-unsaturated/α-hetero) is 1. The Labute approximate surface area is 147 Å². The summed E-state index contributed by atoms with van der Waals surface area (Å²) in [5, 5.41) is 0. The highest BCUT2D eigenvalue weighted by Gasteiger charge is 2.26. The Kier molecular flexibility index (Phi) is 5.43. The van der Waals surface area contributed by atoms with Gasteiger partial charge in [0.25, 0.3) is 0 Å². The lowest BCUT2D eigenvalue weighted by Crippen LogP contribution is -2.36. The Morgan fingerprint density at radius 1 is 1.08 bits per heavy atom. The summed E-state index contributed by atoms with van der Waals surface area (Å²) in [6.45, 7) is 3.70. The van der Waals surface area contributed by atoms with E-state index in [1.165, 1.54) is 0 Å². The van der Waals surface area contributed by atoms with Gasteiger partial charge in [-0.1, -0.05) is 30.3 Å². The summed E-state index contributed by atoms with van der Waals surface area (Å²) in [4.78, 5) is 30.7. The van der Waals surface area contributed by atoms with Crippen LogP contribution in [0.4, 0.5) is 5.82 Å². The van der Waals surface area contributed by atoms with Gasteiger partial charge in [0.2, 0.25) is 0 Å². The molecule has 0 aliphatic carbocycles. The van der Waals surface area contributed by atoms with E-state index in [-0.39, 0.29) is 17.7 Å². The molecule has 0 saturated carbocycles. The topological polar surface area (TPSA) is 59.5 Å². The normalized spacial score (nSPS) is 15.0. The molecule has 3 rings (SSSR count). The zero-order valence-corrected chi connectivity index (χ0v) is 14.4. The number of anilines is 1. The second-order valence-electron chi connectivity index (χ2n) is 6.12. The molecule has 1 saturated heterocycles. The Morgan fingerprint density at radius 2 is 1.80 bits per heavy atom. The van der Waals surface area contributed by atoms with Gasteiger partial charge in [0, 0.05) is 30.8 Å². The van der Waals surface area contributed by atoms with Crippen LogP contribution >= 0.6 is 0 Å². The van der Waals surface area contributed by atoms with Crippen molar-refractivity contribution in [3.05, 3.63) is 59.8 Å². The second kappa shape index (κ2) is 7.92. The lowest BCUT2D eigenvalue weighted by atomic mass is 9.89. The Bertz CT molecular complexity index is 720. The zero-order chi connectivity index (χ0) is 17.6. The van der Waals surface area contributed by atoms with Gasteiger partial charge in [0.1, 0.15) is 5.82 Å². The van der Waals surface area contributed by atoms with Gasteiger partial charge >= 0.3 is 5.97 Å². The number of hydrogen-bond donors (Lipinski definition) is 0. The molecule has 25 heavy (non-hydrogen) atoms. The number of esters is 1. The van der Waals surface area contributed by atoms with E-state index in [0.717, 1.165) is 37.3 Å². The van der Waals surface area contributed by atoms with Crippen LogP contribution in [-0.4, -0.2) is 36.4 Å². The molecule has 5 nitrogen and oxygen atoms in total. The number of benzene rings is 1. The molecule has 1 aliphatic heterocycles. The van der Waals surface area contributed by atoms with E-state index < -0.39 is 0 Å². The van der Waals surface area contributed by atoms with Crippen LogP contribution in [0.1, 0.15) is 40.5 Å². The summed E-state index contributed by atoms with van der Waals surface area (Å²) in [5.41, 5.74) is 1.25. The molecule has 0 amide bonds. The first kappa shape index (κ1) is 17.1. The standard InChI is InChI=1S/C20H22N2O3/c1-2-25-20(24)17-8-9-18(21-14-17)22-12-10-16(11-13-22)19(23)15-6-4-3-5-7-15/h3-9,14,16H,2,10-13H2,1H3. The number of rotatable bonds is 5. The second-order valence-corrected chi connectivity index (χ2v) is 6.12. The van der Waals surface area contributed by atoms with Gasteiger partial charge in [0.05, 0.1) is 12.2 Å². The number of carbonyl (C=O) groups is 2. The van der Waals surface area contributed by atoms with Crippen LogP contribution in [0, 0.1) is 5.92 Å². The highest BCUT2D eigenvalue weighted by molar-refractivity contribution is 5.98. The molecule has 1 aromatic carbocycles. The van der Waals surface area contributed by atoms with Crippen molar-refractivity contribution in [2.45, 2.75) is 19.8 Å². The quantitative estimate of drug-likeness (QED) is 0.618. The molecule has 130 valence electrons. The monoisotopic (exact) mass is 338 g/mol. The number of ether oxygens (including phenoxy) is 1. The van der Waals surface area contributed by atoms with Crippen LogP contribution in [0.25, 0.3) is 0 Å². The van der Waals surface area contributed by atoms with E-state index in [4.69, 9.17) is 4.74 Å². The molecule has 0 unspecified atom stereocenters. The lowest BCUT2D eigenvalue weighted by molar-refractivity contribution is 0.0525. The van der Waals surface area contributed by atoms with Crippen molar-refractivity contribution in [3.63, 3.8) is 0 Å². The first-order valence-electron chi connectivity index (χ1n) is 8.66. The van der Waals surface area contributed by atoms with E-state index in [9.17, 15) is 9.59 Å². The third-order valence-corrected chi connectivity index (χ3v) is 4.51. The number of aromatic nitrogens is 1. The Hall–Kier alpha value is -2.69. The summed E-state index contributed by atoms with van der Waals surface area (Å²) in [7, 11) is 0. The van der Waals surface area contributed by atoms with Crippen molar-refractivity contribution in [2.24, 2.45) is 5.92 Å². The fourth-order valence-corrected chi connectivity index (χ4v) is 3.12. The summed E-state index contributed by atoms with van der Waals surface area (Å²) < 4.78 is 4.97. The average molecular weight is 338 g/mol. The van der Waals surface area contributed by atoms with Crippen molar-refractivity contribution < 1.29 is 14.3 Å². The fraction of sp³-hybridized carbons (Fsp3) is 0.350. The minimum atomic E-state index is -0.353. The molecule has 0 radical (unpaired) electrons. The molecule has 1 fully saturated rings. The minimum absolute atomic E-state index is 0.0671. The first-order chi connectivity index (χ1) is 12.2. The van der Waals surface area contributed by atoms with Gasteiger partial charge in [-0.15, -0.1) is 0 Å². The molecule has 0 N–H and O–H groups in total. The van der Waals surface area contributed by atoms with Crippen molar-refractivity contribution in [3.8, 4) is 0 Å². The fourth-order valence-electron chi connectivity index (χ4n) is 3.12. The van der Waals surface area contributed by atoms with E-state index >= 15 is 0 Å². The lowest BCUT2D eigenvalue weighted by Gasteiger charge is -2.32. The highest BCUT2D eigenvalue weighted by Crippen LogP contribution is 2.25. The van der Waals surface area contributed by atoms with Crippen molar-refractivity contribution in [1.29, 1.82) is 0 Å². The van der Waals surface area contributed by atoms with Crippen LogP contribution in [0.15, 0.2) is 48.7 Å². The molecule has 1 aliphatic rings. The van der Waals surface area contributed by atoms with Crippen molar-refractivity contribution >= 4 is 17.6 Å². The van der Waals surface area contributed by atoms with Gasteiger partial charge in [-0.25, -0.2) is 9.78 Å². The number of ketones is 1. The smallest absolute Gasteiger partial charge is 0.339 e. The van der Waals surface area contributed by atoms with Crippen LogP contribution in [0.2, 0.25) is 0 Å². The summed E-state index contributed by atoms with van der Waals surface area (Å²) in [5.74, 6) is 0.774. The van der Waals surface area contributed by atoms with E-state index in [1.807, 2.05) is 36.4 Å². The van der Waals surface area contributed by atoms with Crippen molar-refractivity contribution in [2.75, 3.05) is 24.6 Å². The minimum Gasteiger partial charge on any atom is -0.462 e. The number of piperidine rings is 1. The Balaban J connectivity index is 1.59. The third-order valence-electron chi connectivity index (χ3n) is 4.51. The Morgan fingerprint density at radius 3 is 2.40 bits per heavy atom. The number of pyridine rings is 1. The van der Waals surface area contributed by atoms with Gasteiger partial charge < -0.3 is 9.64 Å². The zero-order valence-electron chi connectivity index (χ0n) is 14.4. The largest absolute Gasteiger partial charge is 0.462 e. The van der Waals surface area contributed by atoms with Gasteiger partial charge in [0.15, 0.2) is 5.78 Å². The molecule has 0 atom stereocenters. The maximum Gasteiger partial charge on any atom is 0.339 e. The molecule has 1 aromatic heterocycles. The SMILES string of the molecule is CCOC(=O)c1ccc(N2CCC(C(=O)c3ccccc3)CC2)nc1. The first-order valence-corrected chi connectivity index (χ1v) is 8.66. The van der Waals surface area contributed by atoms with Crippen LogP contribution in [0.3, 0.4) is 0 Å². The number of hydrogen-bond acceptors (Lipinski definition) is 5. The van der Waals surface area contributed by atoms with Crippen LogP contribution in [-0.2, 0) is 4.74 Å². The molecule has 5 heteroatoms. The van der Waals surface area contributed by atoms with Gasteiger partial charge in [-0.2, -0.15) is 0 Å². The number of carbonyl (C=O) groups excluding carboxylic acids is 2. The summed E-state index contributed by atoms with van der Waals surface area (Å²) >= 11 is 0. The molecule has 2 aromatic rings. The van der Waals surface area contributed by atoms with E-state index in [0.29, 0.717) is 12.2 Å². The maximum atomic E-state index is 12.5. The highest BCUT2D eigenvalue weighted by atomic mass is 16.5. The average Bonchev–Trinajstić information content (AvgIpc) is 2.68. The van der Waals surface area contributed by atoms with Crippen LogP contribution < -0.4 is 4.90 Å². The molecular formula is C20H22N2O3. The summed E-state index contributed by atoms with van der Waals surface area (Å²) in [6, 6.07) is 13.1. The molecular weight excluding hydrogens is 316 g/mol. The summed E-state index contributed by atoms with van der Waals surface area (Å²) in [6.07, 6.45) is 3.18. The maximum absolute atomic E-state index is 12.5. The number of nitrogens with zero attached hydrogens (tertiary/aromatic N) is 2. The molecule has 2 heterocycles. The predicted molar refractivity (Wildman–Crippen MR) is 95.9 cm³/mol. The molecule has 0 bridgehead atoms. The molecule has 0 spiro atoms. The van der Waals surface area contributed by atoms with E-state index in [1.54, 1.807) is 19.2 Å². The van der Waals surface area contributed by atoms with Gasteiger partial charge in [-0.05, 0) is 31.9 Å².